The molecular weight excluding hydrogens is 258 g/mol. The van der Waals surface area contributed by atoms with Gasteiger partial charge in [0.15, 0.2) is 0 Å². The van der Waals surface area contributed by atoms with E-state index in [0.29, 0.717) is 0 Å². The lowest BCUT2D eigenvalue weighted by Crippen LogP contribution is -2.30. The Kier molecular flexibility index (Phi) is 4.22. The number of benzene rings is 2. The maximum atomic E-state index is 12.0. The fourth-order valence-corrected chi connectivity index (χ4v) is 1.89. The van der Waals surface area contributed by atoms with Crippen LogP contribution in [-0.2, 0) is 0 Å². The Morgan fingerprint density at radius 2 is 1.65 bits per heavy atom. The van der Waals surface area contributed by atoms with Crippen LogP contribution in [0.15, 0.2) is 48.5 Å². The van der Waals surface area contributed by atoms with Gasteiger partial charge in [0.1, 0.15) is 11.5 Å². The van der Waals surface area contributed by atoms with Crippen molar-refractivity contribution in [1.29, 1.82) is 0 Å². The Balaban J connectivity index is 2.17. The molecule has 0 aromatic heterocycles. The topological polar surface area (TPSA) is 89.8 Å². The SMILES string of the molecule is O=C(N[C@@H](CO)c1ccccc1)c1cc(O)cc(O)c1. The predicted octanol–water partition coefficient (Wildman–Crippen LogP) is 1.56. The van der Waals surface area contributed by atoms with Crippen LogP contribution in [0.4, 0.5) is 0 Å². The van der Waals surface area contributed by atoms with Crippen LogP contribution in [0.5, 0.6) is 11.5 Å². The summed E-state index contributed by atoms with van der Waals surface area (Å²) in [6.45, 7) is -0.249. The molecule has 20 heavy (non-hydrogen) atoms. The zero-order chi connectivity index (χ0) is 14.5. The van der Waals surface area contributed by atoms with Gasteiger partial charge in [0.2, 0.25) is 0 Å². The molecule has 0 aliphatic rings. The largest absolute Gasteiger partial charge is 0.508 e. The summed E-state index contributed by atoms with van der Waals surface area (Å²) in [5.74, 6) is -0.884. The van der Waals surface area contributed by atoms with Crippen LogP contribution >= 0.6 is 0 Å². The first-order chi connectivity index (χ1) is 9.60. The minimum Gasteiger partial charge on any atom is -0.508 e. The summed E-state index contributed by atoms with van der Waals surface area (Å²) in [7, 11) is 0. The second-order valence-corrected chi connectivity index (χ2v) is 4.36. The predicted molar refractivity (Wildman–Crippen MR) is 73.5 cm³/mol. The van der Waals surface area contributed by atoms with E-state index in [2.05, 4.69) is 5.32 Å². The van der Waals surface area contributed by atoms with Crippen molar-refractivity contribution in [2.24, 2.45) is 0 Å². The van der Waals surface area contributed by atoms with E-state index in [-0.39, 0.29) is 23.7 Å². The maximum Gasteiger partial charge on any atom is 0.252 e. The highest BCUT2D eigenvalue weighted by Gasteiger charge is 2.15. The molecule has 0 radical (unpaired) electrons. The second-order valence-electron chi connectivity index (χ2n) is 4.36. The Morgan fingerprint density at radius 3 is 2.20 bits per heavy atom. The zero-order valence-corrected chi connectivity index (χ0v) is 10.7. The molecule has 0 fully saturated rings. The number of rotatable bonds is 4. The van der Waals surface area contributed by atoms with Crippen LogP contribution in [0.25, 0.3) is 0 Å². The molecule has 0 aliphatic heterocycles. The van der Waals surface area contributed by atoms with Crippen molar-refractivity contribution in [2.75, 3.05) is 6.61 Å². The molecule has 2 aromatic rings. The Morgan fingerprint density at radius 1 is 1.05 bits per heavy atom. The number of phenols is 2. The molecule has 2 rings (SSSR count). The smallest absolute Gasteiger partial charge is 0.252 e. The van der Waals surface area contributed by atoms with Gasteiger partial charge in [-0.05, 0) is 17.7 Å². The fourth-order valence-electron chi connectivity index (χ4n) is 1.89. The summed E-state index contributed by atoms with van der Waals surface area (Å²) in [6.07, 6.45) is 0. The van der Waals surface area contributed by atoms with Crippen LogP contribution in [0.3, 0.4) is 0 Å². The van der Waals surface area contributed by atoms with Crippen molar-refractivity contribution in [1.82, 2.24) is 5.32 Å². The van der Waals surface area contributed by atoms with Crippen LogP contribution < -0.4 is 5.32 Å². The molecule has 4 N–H and O–H groups in total. The molecule has 1 amide bonds. The van der Waals surface area contributed by atoms with Gasteiger partial charge in [-0.2, -0.15) is 0 Å². The highest BCUT2D eigenvalue weighted by atomic mass is 16.3. The first-order valence-electron chi connectivity index (χ1n) is 6.10. The first kappa shape index (κ1) is 13.9. The molecule has 5 nitrogen and oxygen atoms in total. The van der Waals surface area contributed by atoms with Gasteiger partial charge in [0.25, 0.3) is 5.91 Å². The van der Waals surface area contributed by atoms with Crippen molar-refractivity contribution in [3.05, 3.63) is 59.7 Å². The highest BCUT2D eigenvalue weighted by molar-refractivity contribution is 5.95. The molecule has 0 heterocycles. The Labute approximate surface area is 116 Å². The lowest BCUT2D eigenvalue weighted by molar-refractivity contribution is 0.0915. The number of carbonyl (C=O) groups excluding carboxylic acids is 1. The molecule has 0 spiro atoms. The third kappa shape index (κ3) is 3.27. The van der Waals surface area contributed by atoms with E-state index in [4.69, 9.17) is 0 Å². The molecule has 0 aliphatic carbocycles. The highest BCUT2D eigenvalue weighted by Crippen LogP contribution is 2.21. The van der Waals surface area contributed by atoms with Gasteiger partial charge in [0, 0.05) is 11.6 Å². The van der Waals surface area contributed by atoms with E-state index in [9.17, 15) is 20.1 Å². The van der Waals surface area contributed by atoms with Crippen LogP contribution in [0.1, 0.15) is 22.0 Å². The molecule has 2 aromatic carbocycles. The van der Waals surface area contributed by atoms with Gasteiger partial charge in [0.05, 0.1) is 12.6 Å². The number of aromatic hydroxyl groups is 2. The molecule has 0 saturated carbocycles. The maximum absolute atomic E-state index is 12.0. The first-order valence-corrected chi connectivity index (χ1v) is 6.10. The third-order valence-electron chi connectivity index (χ3n) is 2.85. The lowest BCUT2D eigenvalue weighted by Gasteiger charge is -2.16. The molecule has 104 valence electrons. The van der Waals surface area contributed by atoms with Crippen molar-refractivity contribution in [2.45, 2.75) is 6.04 Å². The number of aliphatic hydroxyl groups is 1. The number of hydrogen-bond acceptors (Lipinski definition) is 4. The monoisotopic (exact) mass is 273 g/mol. The minimum atomic E-state index is -0.548. The van der Waals surface area contributed by atoms with Crippen LogP contribution in [-0.4, -0.2) is 27.8 Å². The van der Waals surface area contributed by atoms with E-state index < -0.39 is 11.9 Å². The van der Waals surface area contributed by atoms with Crippen LogP contribution in [0.2, 0.25) is 0 Å². The average Bonchev–Trinajstić information content (AvgIpc) is 2.44. The summed E-state index contributed by atoms with van der Waals surface area (Å²) in [5.41, 5.74) is 0.893. The number of carbonyl (C=O) groups is 1. The van der Waals surface area contributed by atoms with Gasteiger partial charge in [-0.3, -0.25) is 4.79 Å². The van der Waals surface area contributed by atoms with E-state index in [1.165, 1.54) is 12.1 Å². The summed E-state index contributed by atoms with van der Waals surface area (Å²) in [6, 6.07) is 12.1. The molecule has 1 atom stereocenters. The summed E-state index contributed by atoms with van der Waals surface area (Å²) >= 11 is 0. The van der Waals surface area contributed by atoms with Gasteiger partial charge in [-0.15, -0.1) is 0 Å². The lowest BCUT2D eigenvalue weighted by atomic mass is 10.1. The number of hydrogen-bond donors (Lipinski definition) is 4. The minimum absolute atomic E-state index is 0.122. The standard InChI is InChI=1S/C15H15NO4/c17-9-14(10-4-2-1-3-5-10)16-15(20)11-6-12(18)8-13(19)7-11/h1-8,14,17-19H,9H2,(H,16,20)/t14-/m0/s1. The number of amides is 1. The third-order valence-corrected chi connectivity index (χ3v) is 2.85. The van der Waals surface area contributed by atoms with E-state index in [0.717, 1.165) is 11.6 Å². The van der Waals surface area contributed by atoms with Gasteiger partial charge >= 0.3 is 0 Å². The quantitative estimate of drug-likeness (QED) is 0.680. The summed E-state index contributed by atoms with van der Waals surface area (Å²) in [5, 5.41) is 30.7. The number of nitrogens with one attached hydrogen (secondary N) is 1. The zero-order valence-electron chi connectivity index (χ0n) is 10.7. The normalized spacial score (nSPS) is 11.8. The van der Waals surface area contributed by atoms with E-state index >= 15 is 0 Å². The van der Waals surface area contributed by atoms with Gasteiger partial charge in [-0.1, -0.05) is 30.3 Å². The Hall–Kier alpha value is -2.53. The van der Waals surface area contributed by atoms with Crippen molar-refractivity contribution >= 4 is 5.91 Å². The molecule has 0 unspecified atom stereocenters. The van der Waals surface area contributed by atoms with E-state index in [1.807, 2.05) is 18.2 Å². The van der Waals surface area contributed by atoms with Gasteiger partial charge in [-0.25, -0.2) is 0 Å². The van der Waals surface area contributed by atoms with Crippen LogP contribution in [0, 0.1) is 0 Å². The summed E-state index contributed by atoms with van der Waals surface area (Å²) in [4.78, 5) is 12.0. The average molecular weight is 273 g/mol. The van der Waals surface area contributed by atoms with Crippen molar-refractivity contribution < 1.29 is 20.1 Å². The summed E-state index contributed by atoms with van der Waals surface area (Å²) < 4.78 is 0. The van der Waals surface area contributed by atoms with E-state index in [1.54, 1.807) is 12.1 Å². The molecular formula is C15H15NO4. The molecule has 0 saturated heterocycles. The van der Waals surface area contributed by atoms with Gasteiger partial charge < -0.3 is 20.6 Å². The molecule has 0 bridgehead atoms. The van der Waals surface area contributed by atoms with Crippen molar-refractivity contribution in [3.8, 4) is 11.5 Å². The fraction of sp³-hybridized carbons (Fsp3) is 0.133. The second kappa shape index (κ2) is 6.08. The number of phenolic OH excluding ortho intramolecular Hbond substituents is 2. The Bertz CT molecular complexity index is 578. The van der Waals surface area contributed by atoms with Crippen molar-refractivity contribution in [3.63, 3.8) is 0 Å². The number of aliphatic hydroxyl groups excluding tert-OH is 1. The molecule has 5 heteroatoms.